The molecule has 0 nitrogen and oxygen atoms in total. The van der Waals surface area contributed by atoms with Crippen molar-refractivity contribution in [3.8, 4) is 0 Å². The van der Waals surface area contributed by atoms with Crippen molar-refractivity contribution in [2.75, 3.05) is 0 Å². The number of aryl methyl sites for hydroxylation is 1. The van der Waals surface area contributed by atoms with Gasteiger partial charge in [-0.05, 0) is 0 Å². The Bertz CT molecular complexity index is 361. The van der Waals surface area contributed by atoms with Gasteiger partial charge in [-0.2, -0.15) is 0 Å². The zero-order chi connectivity index (χ0) is 8.39. The smallest absolute Gasteiger partial charge is 1.00 e. The fraction of sp³-hybridized carbons (Fsp3) is 0.182. The summed E-state index contributed by atoms with van der Waals surface area (Å²) in [5.74, 6) is 0. The monoisotopic (exact) mass is 314 g/mol. The van der Waals surface area contributed by atoms with Gasteiger partial charge in [0.25, 0.3) is 0 Å². The van der Waals surface area contributed by atoms with Crippen molar-refractivity contribution in [1.82, 2.24) is 0 Å². The fourth-order valence-corrected chi connectivity index (χ4v) is 1.51. The summed E-state index contributed by atoms with van der Waals surface area (Å²) in [5.41, 5.74) is 4.12. The van der Waals surface area contributed by atoms with E-state index in [0.717, 1.165) is 6.42 Å². The molecule has 1 aromatic rings. The van der Waals surface area contributed by atoms with Gasteiger partial charge in [0.15, 0.2) is 0 Å². The minimum atomic E-state index is 0. The normalized spacial score (nSPS) is 11.7. The third-order valence-electron chi connectivity index (χ3n) is 2.16. The van der Waals surface area contributed by atoms with Crippen LogP contribution in [0.2, 0.25) is 0 Å². The summed E-state index contributed by atoms with van der Waals surface area (Å²) >= 11 is 0. The molecule has 0 bridgehead atoms. The molecular weight excluding hydrogens is 305 g/mol. The van der Waals surface area contributed by atoms with Crippen molar-refractivity contribution in [1.29, 1.82) is 0 Å². The van der Waals surface area contributed by atoms with Crippen LogP contribution in [-0.2, 0) is 26.2 Å². The molecule has 0 spiro atoms. The average molecular weight is 316 g/mol. The maximum Gasteiger partial charge on any atom is 2.00 e. The van der Waals surface area contributed by atoms with Crippen molar-refractivity contribution in [2.24, 2.45) is 0 Å². The van der Waals surface area contributed by atoms with Crippen LogP contribution < -0.4 is 24.8 Å². The second kappa shape index (κ2) is 8.50. The summed E-state index contributed by atoms with van der Waals surface area (Å²) in [6, 6.07) is 6.42. The molecule has 15 heavy (non-hydrogen) atoms. The van der Waals surface area contributed by atoms with Crippen LogP contribution in [0, 0.1) is 6.92 Å². The van der Waals surface area contributed by atoms with Crippen molar-refractivity contribution >= 4 is 12.5 Å². The Hall–Kier alpha value is 0.358. The third kappa shape index (κ3) is 4.81. The first-order chi connectivity index (χ1) is 5.86. The molecule has 0 saturated heterocycles. The van der Waals surface area contributed by atoms with Gasteiger partial charge in [0.2, 0.25) is 0 Å². The molecule has 0 unspecified atom stereocenters. The van der Waals surface area contributed by atoms with Crippen LogP contribution in [0.4, 0.5) is 0 Å². The van der Waals surface area contributed by atoms with Crippen molar-refractivity contribution < 1.29 is 51.0 Å². The summed E-state index contributed by atoms with van der Waals surface area (Å²) in [4.78, 5) is 0. The van der Waals surface area contributed by atoms with Gasteiger partial charge in [-0.3, -0.25) is 0 Å². The van der Waals surface area contributed by atoms with E-state index in [-0.39, 0.29) is 51.0 Å². The van der Waals surface area contributed by atoms with Crippen molar-refractivity contribution in [2.45, 2.75) is 13.3 Å². The van der Waals surface area contributed by atoms with Crippen LogP contribution in [0.5, 0.6) is 0 Å². The zero-order valence-corrected chi connectivity index (χ0v) is 12.5. The zero-order valence-electron chi connectivity index (χ0n) is 8.50. The summed E-state index contributed by atoms with van der Waals surface area (Å²) in [7, 11) is 0. The van der Waals surface area contributed by atoms with Crippen molar-refractivity contribution in [3.05, 3.63) is 47.3 Å². The first-order valence-electron chi connectivity index (χ1n) is 4.29. The van der Waals surface area contributed by atoms with E-state index in [1.54, 1.807) is 0 Å². The third-order valence-corrected chi connectivity index (χ3v) is 2.16. The molecule has 1 aliphatic rings. The van der Waals surface area contributed by atoms with Crippen LogP contribution >= 0.6 is 0 Å². The molecule has 0 fully saturated rings. The predicted molar refractivity (Wildman–Crippen MR) is 54.3 cm³/mol. The Morgan fingerprint density at radius 2 is 1.93 bits per heavy atom. The number of rotatable bonds is 1. The summed E-state index contributed by atoms with van der Waals surface area (Å²) in [5, 5.41) is 0. The van der Waals surface area contributed by atoms with Gasteiger partial charge >= 0.3 is 99.4 Å². The van der Waals surface area contributed by atoms with E-state index >= 15 is 0 Å². The van der Waals surface area contributed by atoms with Gasteiger partial charge < -0.3 is 24.8 Å². The van der Waals surface area contributed by atoms with Gasteiger partial charge in [0, 0.05) is 0 Å². The molecule has 1 aliphatic carbocycles. The number of allylic oxidation sites excluding steroid dienone is 4. The van der Waals surface area contributed by atoms with Gasteiger partial charge in [-0.15, -0.1) is 0 Å². The van der Waals surface area contributed by atoms with E-state index in [1.165, 1.54) is 16.5 Å². The molecule has 0 radical (unpaired) electrons. The van der Waals surface area contributed by atoms with Gasteiger partial charge in [-0.25, -0.2) is 0 Å². The van der Waals surface area contributed by atoms with E-state index < -0.39 is 0 Å². The Morgan fingerprint density at radius 1 is 1.20 bits per heavy atom. The fourth-order valence-electron chi connectivity index (χ4n) is 1.51. The molecule has 0 amide bonds. The second-order valence-electron chi connectivity index (χ2n) is 3.19. The molecule has 1 heterocycles. The van der Waals surface area contributed by atoms with E-state index in [0.29, 0.717) is 0 Å². The van der Waals surface area contributed by atoms with Crippen LogP contribution in [0.1, 0.15) is 17.3 Å². The molecule has 0 aromatic carbocycles. The predicted octanol–water partition coefficient (Wildman–Crippen LogP) is -3.32. The molecule has 4 heteroatoms. The SMILES string of the molecule is Cc1bc(C2=CC=CC2)ccc1.[Cl-].[Cl-].[Zr+2]. The topological polar surface area (TPSA) is 0 Å². The number of hydrogen-bond acceptors (Lipinski definition) is 0. The largest absolute Gasteiger partial charge is 2.00 e. The molecule has 0 saturated carbocycles. The van der Waals surface area contributed by atoms with E-state index in [1.807, 2.05) is 0 Å². The molecule has 1 aromatic heterocycles. The Balaban J connectivity index is 0. The minimum Gasteiger partial charge on any atom is -1.00 e. The van der Waals surface area contributed by atoms with E-state index in [4.69, 9.17) is 0 Å². The van der Waals surface area contributed by atoms with Crippen LogP contribution in [0.15, 0.2) is 36.4 Å². The van der Waals surface area contributed by atoms with Crippen LogP contribution in [0.25, 0.3) is 5.57 Å². The van der Waals surface area contributed by atoms with Gasteiger partial charge in [-0.1, -0.05) is 0 Å². The standard InChI is InChI=1S/C11H11B.2ClH.Zr/c1-9-5-4-8-11(12-9)10-6-2-3-7-10;;;/h2-6,8H,7H2,1H3;2*1H;/q;;;+2/p-2. The van der Waals surface area contributed by atoms with E-state index in [2.05, 4.69) is 50.3 Å². The van der Waals surface area contributed by atoms with Crippen LogP contribution in [-0.4, -0.2) is 6.91 Å². The number of hydrogen-bond donors (Lipinski definition) is 0. The molecule has 2 rings (SSSR count). The first kappa shape index (κ1) is 17.7. The summed E-state index contributed by atoms with van der Waals surface area (Å²) in [6.07, 6.45) is 7.59. The maximum absolute atomic E-state index is 2.23. The molecule has 0 aliphatic heterocycles. The van der Waals surface area contributed by atoms with Gasteiger partial charge in [0.1, 0.15) is 0 Å². The molecule has 76 valence electrons. The summed E-state index contributed by atoms with van der Waals surface area (Å²) in [6.45, 7) is 4.37. The maximum atomic E-state index is 2.23. The van der Waals surface area contributed by atoms with E-state index in [9.17, 15) is 0 Å². The van der Waals surface area contributed by atoms with Gasteiger partial charge in [0.05, 0.1) is 0 Å². The van der Waals surface area contributed by atoms with Crippen molar-refractivity contribution in [3.63, 3.8) is 0 Å². The first-order valence-corrected chi connectivity index (χ1v) is 4.29. The molecular formula is C11H11BCl2Zr. The van der Waals surface area contributed by atoms with Crippen LogP contribution in [0.3, 0.4) is 0 Å². The molecule has 0 atom stereocenters. The second-order valence-corrected chi connectivity index (χ2v) is 3.19. The quantitative estimate of drug-likeness (QED) is 0.509. The Kier molecular flexibility index (Phi) is 10.1. The minimum absolute atomic E-state index is 0. The average Bonchev–Trinajstić information content (AvgIpc) is 2.56. The summed E-state index contributed by atoms with van der Waals surface area (Å²) < 4.78 is 0. The Morgan fingerprint density at radius 3 is 2.47 bits per heavy atom. The number of halogens is 2. The molecule has 0 N–H and O–H groups in total. The Labute approximate surface area is 123 Å².